The van der Waals surface area contributed by atoms with Crippen molar-refractivity contribution in [1.29, 1.82) is 0 Å². The molecule has 2 heterocycles. The molecular weight excluding hydrogens is 212 g/mol. The molecule has 0 saturated carbocycles. The van der Waals surface area contributed by atoms with Crippen molar-refractivity contribution in [1.82, 2.24) is 19.7 Å². The molecule has 0 aliphatic carbocycles. The first-order valence-electron chi connectivity index (χ1n) is 6.20. The highest BCUT2D eigenvalue weighted by Crippen LogP contribution is 2.09. The van der Waals surface area contributed by atoms with Crippen LogP contribution < -0.4 is 0 Å². The fourth-order valence-corrected chi connectivity index (χ4v) is 1.78. The van der Waals surface area contributed by atoms with Crippen LogP contribution in [0.3, 0.4) is 0 Å². The van der Waals surface area contributed by atoms with Crippen molar-refractivity contribution < 1.29 is 0 Å². The minimum atomic E-state index is 0.872. The zero-order valence-electron chi connectivity index (χ0n) is 10.4. The lowest BCUT2D eigenvalue weighted by atomic mass is 10.2. The lowest BCUT2D eigenvalue weighted by Crippen LogP contribution is -2.06. The number of aryl methyl sites for hydroxylation is 2. The molecular formula is C13H18N4. The van der Waals surface area contributed by atoms with Crippen LogP contribution in [0.1, 0.15) is 38.2 Å². The van der Waals surface area contributed by atoms with E-state index in [4.69, 9.17) is 0 Å². The summed E-state index contributed by atoms with van der Waals surface area (Å²) in [5.41, 5.74) is 1.11. The first-order chi connectivity index (χ1) is 8.33. The molecule has 0 N–H and O–H groups in total. The molecule has 2 rings (SSSR count). The summed E-state index contributed by atoms with van der Waals surface area (Å²) < 4.78 is 1.79. The van der Waals surface area contributed by atoms with E-state index in [1.54, 1.807) is 10.9 Å². The van der Waals surface area contributed by atoms with E-state index in [0.717, 1.165) is 43.0 Å². The maximum absolute atomic E-state index is 4.57. The van der Waals surface area contributed by atoms with Gasteiger partial charge in [0.15, 0.2) is 5.82 Å². The molecule has 0 spiro atoms. The monoisotopic (exact) mass is 230 g/mol. The summed E-state index contributed by atoms with van der Waals surface area (Å²) in [6, 6.07) is 3.93. The predicted octanol–water partition coefficient (Wildman–Crippen LogP) is 2.57. The zero-order valence-corrected chi connectivity index (χ0v) is 10.4. The highest BCUT2D eigenvalue weighted by atomic mass is 15.3. The molecule has 4 nitrogen and oxygen atoms in total. The Morgan fingerprint density at radius 1 is 1.12 bits per heavy atom. The fraction of sp³-hybridized carbons (Fsp3) is 0.462. The van der Waals surface area contributed by atoms with Crippen molar-refractivity contribution >= 4 is 0 Å². The van der Waals surface area contributed by atoms with Gasteiger partial charge < -0.3 is 0 Å². The van der Waals surface area contributed by atoms with E-state index < -0.39 is 0 Å². The van der Waals surface area contributed by atoms with Gasteiger partial charge in [0.2, 0.25) is 0 Å². The van der Waals surface area contributed by atoms with Crippen LogP contribution in [-0.2, 0) is 12.8 Å². The zero-order chi connectivity index (χ0) is 12.1. The largest absolute Gasteiger partial charge is 0.238 e. The van der Waals surface area contributed by atoms with Gasteiger partial charge in [0.25, 0.3) is 0 Å². The summed E-state index contributed by atoms with van der Waals surface area (Å²) in [6.45, 7) is 4.30. The van der Waals surface area contributed by atoms with Crippen LogP contribution >= 0.6 is 0 Å². The molecule has 4 heteroatoms. The topological polar surface area (TPSA) is 43.6 Å². The lowest BCUT2D eigenvalue weighted by molar-refractivity contribution is 0.757. The summed E-state index contributed by atoms with van der Waals surface area (Å²) >= 11 is 0. The summed E-state index contributed by atoms with van der Waals surface area (Å²) in [7, 11) is 0. The van der Waals surface area contributed by atoms with Gasteiger partial charge in [0.05, 0.1) is 0 Å². The standard InChI is InChI=1S/C13H18N4/c1-3-6-11-10-13(17-9-5-8-14-17)16-12(15-11)7-4-2/h5,8-10H,3-4,6-7H2,1-2H3. The molecule has 0 atom stereocenters. The maximum atomic E-state index is 4.57. The van der Waals surface area contributed by atoms with Crippen LogP contribution in [0.25, 0.3) is 5.82 Å². The van der Waals surface area contributed by atoms with Crippen LogP contribution in [0.2, 0.25) is 0 Å². The Hall–Kier alpha value is -1.71. The molecule has 0 amide bonds. The normalized spacial score (nSPS) is 10.7. The summed E-state index contributed by atoms with van der Waals surface area (Å²) in [6.07, 6.45) is 7.75. The minimum Gasteiger partial charge on any atom is -0.238 e. The van der Waals surface area contributed by atoms with E-state index in [2.05, 4.69) is 28.9 Å². The van der Waals surface area contributed by atoms with Crippen molar-refractivity contribution in [3.05, 3.63) is 36.0 Å². The summed E-state index contributed by atoms with van der Waals surface area (Å²) in [5, 5.41) is 4.22. The smallest absolute Gasteiger partial charge is 0.157 e. The van der Waals surface area contributed by atoms with E-state index in [-0.39, 0.29) is 0 Å². The Balaban J connectivity index is 2.37. The molecule has 2 aromatic heterocycles. The molecule has 90 valence electrons. The molecule has 0 aliphatic rings. The molecule has 0 saturated heterocycles. The van der Waals surface area contributed by atoms with Crippen molar-refractivity contribution in [3.8, 4) is 5.82 Å². The van der Waals surface area contributed by atoms with Gasteiger partial charge in [-0.15, -0.1) is 0 Å². The second-order valence-corrected chi connectivity index (χ2v) is 4.08. The van der Waals surface area contributed by atoms with Gasteiger partial charge in [-0.3, -0.25) is 0 Å². The molecule has 17 heavy (non-hydrogen) atoms. The number of hydrogen-bond donors (Lipinski definition) is 0. The Morgan fingerprint density at radius 3 is 2.59 bits per heavy atom. The van der Waals surface area contributed by atoms with Crippen molar-refractivity contribution in [2.75, 3.05) is 0 Å². The van der Waals surface area contributed by atoms with E-state index in [9.17, 15) is 0 Å². The molecule has 0 aromatic carbocycles. The summed E-state index contributed by atoms with van der Waals surface area (Å²) in [4.78, 5) is 9.11. The minimum absolute atomic E-state index is 0.872. The van der Waals surface area contributed by atoms with E-state index in [1.165, 1.54) is 0 Å². The van der Waals surface area contributed by atoms with Crippen molar-refractivity contribution in [2.24, 2.45) is 0 Å². The molecule has 0 bridgehead atoms. The van der Waals surface area contributed by atoms with Crippen molar-refractivity contribution in [3.63, 3.8) is 0 Å². The molecule has 0 unspecified atom stereocenters. The quantitative estimate of drug-likeness (QED) is 0.793. The SMILES string of the molecule is CCCc1cc(-n2cccn2)nc(CCC)n1. The van der Waals surface area contributed by atoms with E-state index in [0.29, 0.717) is 0 Å². The van der Waals surface area contributed by atoms with Gasteiger partial charge in [0.1, 0.15) is 5.82 Å². The number of rotatable bonds is 5. The Bertz CT molecular complexity index is 438. The van der Waals surface area contributed by atoms with Gasteiger partial charge in [-0.2, -0.15) is 5.10 Å². The first kappa shape index (κ1) is 11.8. The Morgan fingerprint density at radius 2 is 1.94 bits per heavy atom. The van der Waals surface area contributed by atoms with E-state index in [1.807, 2.05) is 18.3 Å². The first-order valence-corrected chi connectivity index (χ1v) is 6.20. The van der Waals surface area contributed by atoms with Crippen LogP contribution in [0.4, 0.5) is 0 Å². The number of nitrogens with zero attached hydrogens (tertiary/aromatic N) is 4. The second kappa shape index (κ2) is 5.57. The highest BCUT2D eigenvalue weighted by molar-refractivity contribution is 5.24. The Labute approximate surface area is 102 Å². The van der Waals surface area contributed by atoms with E-state index >= 15 is 0 Å². The van der Waals surface area contributed by atoms with Gasteiger partial charge in [-0.25, -0.2) is 14.6 Å². The van der Waals surface area contributed by atoms with Crippen molar-refractivity contribution in [2.45, 2.75) is 39.5 Å². The van der Waals surface area contributed by atoms with Crippen LogP contribution in [0.15, 0.2) is 24.5 Å². The number of aromatic nitrogens is 4. The molecule has 0 fully saturated rings. The highest BCUT2D eigenvalue weighted by Gasteiger charge is 2.05. The summed E-state index contributed by atoms with van der Waals surface area (Å²) in [5.74, 6) is 1.79. The molecule has 2 aromatic rings. The van der Waals surface area contributed by atoms with Crippen LogP contribution in [0, 0.1) is 0 Å². The maximum Gasteiger partial charge on any atom is 0.157 e. The number of hydrogen-bond acceptors (Lipinski definition) is 3. The van der Waals surface area contributed by atoms with Gasteiger partial charge in [-0.1, -0.05) is 20.3 Å². The third kappa shape index (κ3) is 2.90. The van der Waals surface area contributed by atoms with Gasteiger partial charge >= 0.3 is 0 Å². The van der Waals surface area contributed by atoms with Crippen LogP contribution in [-0.4, -0.2) is 19.7 Å². The predicted molar refractivity (Wildman–Crippen MR) is 67.1 cm³/mol. The van der Waals surface area contributed by atoms with Gasteiger partial charge in [-0.05, 0) is 18.9 Å². The molecule has 0 aliphatic heterocycles. The Kier molecular flexibility index (Phi) is 3.85. The lowest BCUT2D eigenvalue weighted by Gasteiger charge is -2.07. The third-order valence-electron chi connectivity index (χ3n) is 2.53. The average molecular weight is 230 g/mol. The average Bonchev–Trinajstić information content (AvgIpc) is 2.83. The fourth-order valence-electron chi connectivity index (χ4n) is 1.78. The van der Waals surface area contributed by atoms with Crippen LogP contribution in [0.5, 0.6) is 0 Å². The third-order valence-corrected chi connectivity index (χ3v) is 2.53. The second-order valence-electron chi connectivity index (χ2n) is 4.08. The molecule has 0 radical (unpaired) electrons. The van der Waals surface area contributed by atoms with Gasteiger partial charge in [0, 0.05) is 30.6 Å².